The molecule has 0 spiro atoms. The number of hydrogen-bond acceptors (Lipinski definition) is 5. The molecule has 9 heteroatoms. The fraction of sp³-hybridized carbons (Fsp3) is 0.240. The van der Waals surface area contributed by atoms with E-state index in [0.29, 0.717) is 16.9 Å². The zero-order valence-electron chi connectivity index (χ0n) is 18.6. The quantitative estimate of drug-likeness (QED) is 0.405. The maximum atomic E-state index is 12.6. The lowest BCUT2D eigenvalue weighted by Crippen LogP contribution is -2.43. The third kappa shape index (κ3) is 5.74. The van der Waals surface area contributed by atoms with Gasteiger partial charge in [0.15, 0.2) is 0 Å². The van der Waals surface area contributed by atoms with E-state index in [2.05, 4.69) is 37.7 Å². The SMILES string of the molecule is C=CC(=O)NC1CCC(NC(=O)c2ccc(NC(=O)c3cccc(-c4ccn[nH]4)n3)cc2)CC1. The van der Waals surface area contributed by atoms with Crippen molar-refractivity contribution in [3.63, 3.8) is 0 Å². The van der Waals surface area contributed by atoms with Crippen molar-refractivity contribution in [2.75, 3.05) is 5.32 Å². The number of nitrogens with zero attached hydrogens (tertiary/aromatic N) is 2. The van der Waals surface area contributed by atoms with E-state index in [1.807, 2.05) is 0 Å². The molecule has 3 amide bonds. The van der Waals surface area contributed by atoms with Gasteiger partial charge in [-0.1, -0.05) is 12.6 Å². The van der Waals surface area contributed by atoms with Gasteiger partial charge in [-0.3, -0.25) is 19.5 Å². The van der Waals surface area contributed by atoms with Crippen molar-refractivity contribution in [2.24, 2.45) is 0 Å². The third-order valence-electron chi connectivity index (χ3n) is 5.76. The van der Waals surface area contributed by atoms with Crippen molar-refractivity contribution in [2.45, 2.75) is 37.8 Å². The number of benzene rings is 1. The van der Waals surface area contributed by atoms with E-state index in [4.69, 9.17) is 0 Å². The van der Waals surface area contributed by atoms with E-state index in [1.54, 1.807) is 54.7 Å². The summed E-state index contributed by atoms with van der Waals surface area (Å²) in [6.07, 6.45) is 6.11. The van der Waals surface area contributed by atoms with E-state index in [-0.39, 0.29) is 35.5 Å². The third-order valence-corrected chi connectivity index (χ3v) is 5.76. The highest BCUT2D eigenvalue weighted by Gasteiger charge is 2.23. The Morgan fingerprint density at radius 3 is 2.26 bits per heavy atom. The van der Waals surface area contributed by atoms with Crippen LogP contribution in [0.3, 0.4) is 0 Å². The molecule has 0 saturated heterocycles. The van der Waals surface area contributed by atoms with Crippen LogP contribution in [0.4, 0.5) is 5.69 Å². The molecule has 1 aliphatic rings. The van der Waals surface area contributed by atoms with Crippen molar-refractivity contribution >= 4 is 23.4 Å². The first-order valence-corrected chi connectivity index (χ1v) is 11.1. The van der Waals surface area contributed by atoms with Crippen LogP contribution in [0.15, 0.2) is 67.4 Å². The molecular weight excluding hydrogens is 432 g/mol. The summed E-state index contributed by atoms with van der Waals surface area (Å²) in [6.45, 7) is 3.47. The first kappa shape index (κ1) is 22.9. The predicted molar refractivity (Wildman–Crippen MR) is 128 cm³/mol. The topological polar surface area (TPSA) is 129 Å². The Morgan fingerprint density at radius 2 is 1.62 bits per heavy atom. The Hall–Kier alpha value is -4.27. The number of amides is 3. The number of nitrogens with one attached hydrogen (secondary N) is 4. The largest absolute Gasteiger partial charge is 0.350 e. The summed E-state index contributed by atoms with van der Waals surface area (Å²) in [6, 6.07) is 13.9. The fourth-order valence-electron chi connectivity index (χ4n) is 3.92. The molecule has 174 valence electrons. The van der Waals surface area contributed by atoms with Crippen LogP contribution in [-0.4, -0.2) is 45.0 Å². The van der Waals surface area contributed by atoms with Crippen molar-refractivity contribution in [1.82, 2.24) is 25.8 Å². The molecule has 34 heavy (non-hydrogen) atoms. The molecule has 2 heterocycles. The summed E-state index contributed by atoms with van der Waals surface area (Å²) in [5.41, 5.74) is 2.69. The predicted octanol–water partition coefficient (Wildman–Crippen LogP) is 3.07. The summed E-state index contributed by atoms with van der Waals surface area (Å²) in [7, 11) is 0. The zero-order valence-corrected chi connectivity index (χ0v) is 18.6. The Balaban J connectivity index is 1.30. The number of hydrogen-bond donors (Lipinski definition) is 4. The Kier molecular flexibility index (Phi) is 7.12. The minimum Gasteiger partial charge on any atom is -0.350 e. The van der Waals surface area contributed by atoms with Gasteiger partial charge in [-0.2, -0.15) is 5.10 Å². The molecule has 0 aliphatic heterocycles. The molecule has 1 aliphatic carbocycles. The highest BCUT2D eigenvalue weighted by atomic mass is 16.2. The average Bonchev–Trinajstić information content (AvgIpc) is 3.41. The summed E-state index contributed by atoms with van der Waals surface area (Å²) >= 11 is 0. The van der Waals surface area contributed by atoms with Gasteiger partial charge in [0, 0.05) is 29.5 Å². The average molecular weight is 459 g/mol. The van der Waals surface area contributed by atoms with E-state index in [9.17, 15) is 14.4 Å². The Bertz CT molecular complexity index is 1170. The van der Waals surface area contributed by atoms with Crippen molar-refractivity contribution in [3.05, 3.63) is 78.6 Å². The van der Waals surface area contributed by atoms with Crippen molar-refractivity contribution in [1.29, 1.82) is 0 Å². The van der Waals surface area contributed by atoms with Gasteiger partial charge in [-0.15, -0.1) is 0 Å². The molecule has 9 nitrogen and oxygen atoms in total. The minimum atomic E-state index is -0.348. The van der Waals surface area contributed by atoms with Gasteiger partial charge in [-0.05, 0) is 74.2 Å². The maximum absolute atomic E-state index is 12.6. The molecule has 1 aromatic carbocycles. The molecule has 0 unspecified atom stereocenters. The van der Waals surface area contributed by atoms with Crippen LogP contribution < -0.4 is 16.0 Å². The lowest BCUT2D eigenvalue weighted by molar-refractivity contribution is -0.117. The number of carbonyl (C=O) groups excluding carboxylic acids is 3. The van der Waals surface area contributed by atoms with Crippen LogP contribution in [-0.2, 0) is 4.79 Å². The lowest BCUT2D eigenvalue weighted by Gasteiger charge is -2.29. The summed E-state index contributed by atoms with van der Waals surface area (Å²) in [4.78, 5) is 41.0. The summed E-state index contributed by atoms with van der Waals surface area (Å²) in [5, 5.41) is 15.5. The first-order chi connectivity index (χ1) is 16.5. The molecule has 4 rings (SSSR count). The molecule has 4 N–H and O–H groups in total. The smallest absolute Gasteiger partial charge is 0.274 e. The zero-order chi connectivity index (χ0) is 23.9. The molecule has 0 atom stereocenters. The van der Waals surface area contributed by atoms with Gasteiger partial charge < -0.3 is 16.0 Å². The van der Waals surface area contributed by atoms with Crippen molar-refractivity contribution in [3.8, 4) is 11.4 Å². The van der Waals surface area contributed by atoms with Gasteiger partial charge in [0.05, 0.1) is 11.4 Å². The van der Waals surface area contributed by atoms with Gasteiger partial charge >= 0.3 is 0 Å². The monoisotopic (exact) mass is 458 g/mol. The molecular formula is C25H26N6O3. The van der Waals surface area contributed by atoms with Crippen LogP contribution in [0.2, 0.25) is 0 Å². The summed E-state index contributed by atoms with van der Waals surface area (Å²) in [5.74, 6) is -0.676. The number of pyridine rings is 1. The van der Waals surface area contributed by atoms with Crippen LogP contribution in [0.5, 0.6) is 0 Å². The first-order valence-electron chi connectivity index (χ1n) is 11.1. The summed E-state index contributed by atoms with van der Waals surface area (Å²) < 4.78 is 0. The lowest BCUT2D eigenvalue weighted by atomic mass is 9.91. The van der Waals surface area contributed by atoms with Crippen molar-refractivity contribution < 1.29 is 14.4 Å². The van der Waals surface area contributed by atoms with Gasteiger partial charge in [-0.25, -0.2) is 4.98 Å². The highest BCUT2D eigenvalue weighted by molar-refractivity contribution is 6.03. The second-order valence-corrected chi connectivity index (χ2v) is 8.14. The van der Waals surface area contributed by atoms with Gasteiger partial charge in [0.2, 0.25) is 5.91 Å². The van der Waals surface area contributed by atoms with Crippen LogP contribution in [0.25, 0.3) is 11.4 Å². The van der Waals surface area contributed by atoms with Crippen LogP contribution in [0.1, 0.15) is 46.5 Å². The van der Waals surface area contributed by atoms with E-state index < -0.39 is 0 Å². The van der Waals surface area contributed by atoms with Gasteiger partial charge in [0.1, 0.15) is 5.69 Å². The molecule has 0 bridgehead atoms. The second-order valence-electron chi connectivity index (χ2n) is 8.14. The fourth-order valence-corrected chi connectivity index (χ4v) is 3.92. The molecule has 0 radical (unpaired) electrons. The number of aromatic amines is 1. The molecule has 1 saturated carbocycles. The van der Waals surface area contributed by atoms with Crippen LogP contribution >= 0.6 is 0 Å². The van der Waals surface area contributed by atoms with E-state index in [1.165, 1.54) is 6.08 Å². The molecule has 2 aromatic heterocycles. The standard InChI is InChI=1S/C25H26N6O3/c1-2-23(32)27-17-10-12-19(13-11-17)28-24(33)16-6-8-18(9-7-16)29-25(34)22-5-3-4-20(30-22)21-14-15-26-31-21/h2-9,14-15,17,19H,1,10-13H2,(H,26,31)(H,27,32)(H,28,33)(H,29,34). The molecule has 1 fully saturated rings. The number of aromatic nitrogens is 3. The highest BCUT2D eigenvalue weighted by Crippen LogP contribution is 2.20. The molecule has 3 aromatic rings. The maximum Gasteiger partial charge on any atom is 0.274 e. The minimum absolute atomic E-state index is 0.0667. The number of H-pyrrole nitrogens is 1. The number of anilines is 1. The second kappa shape index (κ2) is 10.6. The Morgan fingerprint density at radius 1 is 0.912 bits per heavy atom. The Labute approximate surface area is 197 Å². The van der Waals surface area contributed by atoms with Gasteiger partial charge in [0.25, 0.3) is 11.8 Å². The van der Waals surface area contributed by atoms with E-state index >= 15 is 0 Å². The van der Waals surface area contributed by atoms with E-state index in [0.717, 1.165) is 31.4 Å². The normalized spacial score (nSPS) is 17.4. The number of carbonyl (C=O) groups is 3. The number of rotatable bonds is 7. The van der Waals surface area contributed by atoms with Crippen LogP contribution in [0, 0.1) is 0 Å².